The minimum atomic E-state index is -2.85. The van der Waals surface area contributed by atoms with E-state index >= 15 is 0 Å². The molecule has 0 aliphatic rings. The van der Waals surface area contributed by atoms with Crippen LogP contribution in [0.1, 0.15) is 27.7 Å². The molecule has 0 unspecified atom stereocenters. The van der Waals surface area contributed by atoms with Gasteiger partial charge in [0, 0.05) is 6.08 Å². The number of esters is 1. The molecule has 0 atom stereocenters. The highest BCUT2D eigenvalue weighted by Crippen LogP contribution is 2.36. The van der Waals surface area contributed by atoms with Crippen molar-refractivity contribution in [2.24, 2.45) is 0 Å². The quantitative estimate of drug-likeness (QED) is 0.312. The van der Waals surface area contributed by atoms with Gasteiger partial charge >= 0.3 is 5.97 Å². The van der Waals surface area contributed by atoms with Gasteiger partial charge in [0.15, 0.2) is 5.78 Å². The Balaban J connectivity index is 2.43. The topological polar surface area (TPSA) is 72.8 Å². The summed E-state index contributed by atoms with van der Waals surface area (Å²) in [6.07, 6.45) is 0.871. The lowest BCUT2D eigenvalue weighted by Gasteiger charge is -2.42. The van der Waals surface area contributed by atoms with E-state index in [4.69, 9.17) is 9.16 Å². The first kappa shape index (κ1) is 22.6. The molecule has 0 aliphatic carbocycles. The summed E-state index contributed by atoms with van der Waals surface area (Å²) >= 11 is 0. The first-order chi connectivity index (χ1) is 13.7. The minimum Gasteiger partial charge on any atom is -0.502 e. The number of hydrogen-bond donors (Lipinski definition) is 1. The Morgan fingerprint density at radius 3 is 1.86 bits per heavy atom. The zero-order valence-corrected chi connectivity index (χ0v) is 18.3. The number of hydrogen-bond acceptors (Lipinski definition) is 5. The molecular formula is C23H28O5Si. The number of carbonyl (C=O) groups is 2. The van der Waals surface area contributed by atoms with Crippen LogP contribution in [0.15, 0.2) is 72.5 Å². The van der Waals surface area contributed by atoms with Gasteiger partial charge in [-0.3, -0.25) is 4.79 Å². The number of ether oxygens (including phenoxy) is 1. The van der Waals surface area contributed by atoms with Crippen molar-refractivity contribution in [3.63, 3.8) is 0 Å². The van der Waals surface area contributed by atoms with E-state index in [0.29, 0.717) is 0 Å². The summed E-state index contributed by atoms with van der Waals surface area (Å²) in [6.45, 7) is 7.81. The number of aliphatic hydroxyl groups excluding tert-OH is 1. The van der Waals surface area contributed by atoms with Gasteiger partial charge in [-0.25, -0.2) is 4.79 Å². The fourth-order valence-electron chi connectivity index (χ4n) is 3.40. The Labute approximate surface area is 173 Å². The maximum Gasteiger partial charge on any atom is 0.373 e. The molecule has 0 bridgehead atoms. The smallest absolute Gasteiger partial charge is 0.373 e. The first-order valence-corrected chi connectivity index (χ1v) is 11.5. The molecule has 2 aromatic carbocycles. The van der Waals surface area contributed by atoms with E-state index in [9.17, 15) is 14.7 Å². The first-order valence-electron chi connectivity index (χ1n) is 9.58. The van der Waals surface area contributed by atoms with Crippen molar-refractivity contribution in [1.29, 1.82) is 0 Å². The second-order valence-electron chi connectivity index (χ2n) is 7.67. The molecule has 29 heavy (non-hydrogen) atoms. The van der Waals surface area contributed by atoms with Gasteiger partial charge in [0.1, 0.15) is 0 Å². The Morgan fingerprint density at radius 2 is 1.45 bits per heavy atom. The minimum absolute atomic E-state index is 0.115. The molecule has 2 rings (SSSR count). The lowest BCUT2D eigenvalue weighted by atomic mass is 10.2. The van der Waals surface area contributed by atoms with E-state index in [2.05, 4.69) is 20.8 Å². The summed E-state index contributed by atoms with van der Waals surface area (Å²) in [6, 6.07) is 19.9. The van der Waals surface area contributed by atoms with Gasteiger partial charge < -0.3 is 14.3 Å². The molecule has 5 nitrogen and oxygen atoms in total. The average Bonchev–Trinajstić information content (AvgIpc) is 2.69. The normalized spacial score (nSPS) is 12.5. The van der Waals surface area contributed by atoms with Crippen molar-refractivity contribution in [2.45, 2.75) is 32.7 Å². The van der Waals surface area contributed by atoms with Gasteiger partial charge in [-0.15, -0.1) is 0 Å². The number of benzene rings is 2. The Bertz CT molecular complexity index is 814. The molecule has 6 heteroatoms. The average molecular weight is 413 g/mol. The third-order valence-electron chi connectivity index (χ3n) is 4.63. The molecule has 0 saturated carbocycles. The summed E-state index contributed by atoms with van der Waals surface area (Å²) in [5, 5.41) is 11.6. The second kappa shape index (κ2) is 9.67. The fourth-order valence-corrected chi connectivity index (χ4v) is 7.91. The molecule has 0 aliphatic heterocycles. The van der Waals surface area contributed by atoms with Crippen LogP contribution in [-0.4, -0.2) is 38.4 Å². The maximum absolute atomic E-state index is 12.5. The summed E-state index contributed by atoms with van der Waals surface area (Å²) in [7, 11) is -2.85. The summed E-state index contributed by atoms with van der Waals surface area (Å²) in [4.78, 5) is 24.0. The molecular weight excluding hydrogens is 384 g/mol. The van der Waals surface area contributed by atoms with Gasteiger partial charge in [0.05, 0.1) is 13.2 Å². The van der Waals surface area contributed by atoms with Crippen LogP contribution in [0.3, 0.4) is 0 Å². The SMILES string of the molecule is CCOC(=O)C(O)=CC(=O)CO[Si](c1ccccc1)(c1ccccc1)C(C)(C)C. The Kier molecular flexibility index (Phi) is 7.53. The Hall–Kier alpha value is -2.70. The molecule has 0 saturated heterocycles. The van der Waals surface area contributed by atoms with Gasteiger partial charge in [-0.2, -0.15) is 0 Å². The number of carbonyl (C=O) groups excluding carboxylic acids is 2. The summed E-state index contributed by atoms with van der Waals surface area (Å²) < 4.78 is 11.2. The highest BCUT2D eigenvalue weighted by Gasteiger charge is 2.50. The van der Waals surface area contributed by atoms with E-state index in [0.717, 1.165) is 16.4 Å². The standard InChI is InChI=1S/C23H28O5Si/c1-5-27-22(26)21(25)16-18(24)17-28-29(23(2,3)4,19-12-8-6-9-13-19)20-14-10-7-11-15-20/h6-16,25H,5,17H2,1-4H3. The second-order valence-corrected chi connectivity index (χ2v) is 12.0. The maximum atomic E-state index is 12.5. The van der Waals surface area contributed by atoms with Crippen LogP contribution < -0.4 is 10.4 Å². The molecule has 1 N–H and O–H groups in total. The van der Waals surface area contributed by atoms with E-state index in [1.807, 2.05) is 60.7 Å². The highest BCUT2D eigenvalue weighted by atomic mass is 28.4. The third kappa shape index (κ3) is 5.22. The van der Waals surface area contributed by atoms with E-state index in [1.54, 1.807) is 6.92 Å². The van der Waals surface area contributed by atoms with E-state index in [-0.39, 0.29) is 18.3 Å². The largest absolute Gasteiger partial charge is 0.502 e. The van der Waals surface area contributed by atoms with Gasteiger partial charge in [-0.1, -0.05) is 81.4 Å². The lowest BCUT2D eigenvalue weighted by molar-refractivity contribution is -0.141. The van der Waals surface area contributed by atoms with Crippen LogP contribution >= 0.6 is 0 Å². The molecule has 0 aromatic heterocycles. The van der Waals surface area contributed by atoms with Crippen molar-refractivity contribution in [3.05, 3.63) is 72.5 Å². The predicted octanol–water partition coefficient (Wildman–Crippen LogP) is 3.14. The monoisotopic (exact) mass is 412 g/mol. The van der Waals surface area contributed by atoms with Gasteiger partial charge in [0.25, 0.3) is 8.32 Å². The molecule has 0 radical (unpaired) electrons. The summed E-state index contributed by atoms with van der Waals surface area (Å²) in [5.41, 5.74) is 0. The van der Waals surface area contributed by atoms with Crippen LogP contribution in [0, 0.1) is 0 Å². The van der Waals surface area contributed by atoms with Gasteiger partial charge in [-0.05, 0) is 22.3 Å². The third-order valence-corrected chi connectivity index (χ3v) is 9.61. The fraction of sp³-hybridized carbons (Fsp3) is 0.304. The van der Waals surface area contributed by atoms with Crippen LogP contribution in [0.2, 0.25) is 5.04 Å². The number of aliphatic hydroxyl groups is 1. The lowest BCUT2D eigenvalue weighted by Crippen LogP contribution is -2.66. The van der Waals surface area contributed by atoms with Crippen LogP contribution in [0.4, 0.5) is 0 Å². The van der Waals surface area contributed by atoms with Crippen LogP contribution in [-0.2, 0) is 18.8 Å². The number of rotatable bonds is 8. The molecule has 2 aromatic rings. The Morgan fingerprint density at radius 1 is 0.966 bits per heavy atom. The zero-order valence-electron chi connectivity index (χ0n) is 17.3. The van der Waals surface area contributed by atoms with E-state index in [1.165, 1.54) is 0 Å². The number of ketones is 1. The highest BCUT2D eigenvalue weighted by molar-refractivity contribution is 6.99. The molecule has 0 fully saturated rings. The predicted molar refractivity (Wildman–Crippen MR) is 116 cm³/mol. The van der Waals surface area contributed by atoms with E-state index < -0.39 is 25.8 Å². The summed E-state index contributed by atoms with van der Waals surface area (Å²) in [5.74, 6) is -2.14. The van der Waals surface area contributed by atoms with Gasteiger partial charge in [0.2, 0.25) is 5.76 Å². The molecule has 0 spiro atoms. The van der Waals surface area contributed by atoms with Crippen LogP contribution in [0.5, 0.6) is 0 Å². The zero-order chi connectivity index (χ0) is 21.5. The van der Waals surface area contributed by atoms with Crippen molar-refractivity contribution in [2.75, 3.05) is 13.2 Å². The van der Waals surface area contributed by atoms with Crippen molar-refractivity contribution in [1.82, 2.24) is 0 Å². The van der Waals surface area contributed by atoms with Crippen molar-refractivity contribution < 1.29 is 23.9 Å². The molecule has 154 valence electrons. The van der Waals surface area contributed by atoms with Crippen molar-refractivity contribution >= 4 is 30.4 Å². The molecule has 0 heterocycles. The molecule has 0 amide bonds. The van der Waals surface area contributed by atoms with Crippen LogP contribution in [0.25, 0.3) is 0 Å². The van der Waals surface area contributed by atoms with Crippen molar-refractivity contribution in [3.8, 4) is 0 Å².